The Labute approximate surface area is 166 Å². The molecule has 1 saturated heterocycles. The van der Waals surface area contributed by atoms with Crippen molar-refractivity contribution in [3.05, 3.63) is 53.6 Å². The highest BCUT2D eigenvalue weighted by Gasteiger charge is 2.25. The molecule has 0 saturated carbocycles. The first-order valence-electron chi connectivity index (χ1n) is 9.51. The van der Waals surface area contributed by atoms with Crippen molar-refractivity contribution in [2.24, 2.45) is 0 Å². The first-order chi connectivity index (χ1) is 13.5. The number of ether oxygens (including phenoxy) is 1. The van der Waals surface area contributed by atoms with E-state index < -0.39 is 0 Å². The summed E-state index contributed by atoms with van der Waals surface area (Å²) in [5.74, 6) is 0.738. The summed E-state index contributed by atoms with van der Waals surface area (Å²) in [6.45, 7) is 6.24. The Kier molecular flexibility index (Phi) is 6.31. The maximum Gasteiger partial charge on any atom is 0.241 e. The first-order valence-corrected chi connectivity index (χ1v) is 9.51. The number of methoxy groups -OCH3 is 1. The van der Waals surface area contributed by atoms with Crippen molar-refractivity contribution in [1.29, 1.82) is 0 Å². The number of rotatable bonds is 6. The molecule has 2 amide bonds. The zero-order valence-electron chi connectivity index (χ0n) is 16.7. The SMILES string of the molecule is COc1cccc(N2CCN(CCC(=O)Nc3cccc(C)c3C)CC2=O)c1. The van der Waals surface area contributed by atoms with E-state index in [2.05, 4.69) is 5.32 Å². The number of piperazine rings is 1. The Hall–Kier alpha value is -2.86. The lowest BCUT2D eigenvalue weighted by molar-refractivity contribution is -0.122. The molecule has 6 heteroatoms. The molecule has 1 aliphatic heterocycles. The first kappa shape index (κ1) is 19.9. The van der Waals surface area contributed by atoms with E-state index in [0.717, 1.165) is 34.8 Å². The van der Waals surface area contributed by atoms with Crippen molar-refractivity contribution < 1.29 is 14.3 Å². The molecule has 3 rings (SSSR count). The summed E-state index contributed by atoms with van der Waals surface area (Å²) in [4.78, 5) is 28.7. The van der Waals surface area contributed by atoms with E-state index >= 15 is 0 Å². The molecular formula is C22H27N3O3. The highest BCUT2D eigenvalue weighted by atomic mass is 16.5. The maximum absolute atomic E-state index is 12.6. The van der Waals surface area contributed by atoms with Gasteiger partial charge < -0.3 is 15.0 Å². The summed E-state index contributed by atoms with van der Waals surface area (Å²) in [6, 6.07) is 13.4. The van der Waals surface area contributed by atoms with Crippen LogP contribution >= 0.6 is 0 Å². The Morgan fingerprint density at radius 1 is 1.14 bits per heavy atom. The molecule has 0 radical (unpaired) electrons. The van der Waals surface area contributed by atoms with Crippen molar-refractivity contribution in [3.8, 4) is 5.75 Å². The number of hydrogen-bond donors (Lipinski definition) is 1. The average molecular weight is 381 g/mol. The second-order valence-corrected chi connectivity index (χ2v) is 7.07. The number of carbonyl (C=O) groups is 2. The van der Waals surface area contributed by atoms with Gasteiger partial charge in [0.1, 0.15) is 5.75 Å². The molecule has 28 heavy (non-hydrogen) atoms. The van der Waals surface area contributed by atoms with E-state index in [1.165, 1.54) is 0 Å². The number of amides is 2. The maximum atomic E-state index is 12.6. The summed E-state index contributed by atoms with van der Waals surface area (Å²) < 4.78 is 5.24. The van der Waals surface area contributed by atoms with Crippen molar-refractivity contribution in [2.75, 3.05) is 43.5 Å². The third kappa shape index (κ3) is 4.70. The molecule has 2 aromatic carbocycles. The summed E-state index contributed by atoms with van der Waals surface area (Å²) in [5.41, 5.74) is 3.93. The van der Waals surface area contributed by atoms with Crippen LogP contribution in [0.3, 0.4) is 0 Å². The predicted octanol–water partition coefficient (Wildman–Crippen LogP) is 2.99. The summed E-state index contributed by atoms with van der Waals surface area (Å²) in [5, 5.41) is 2.97. The van der Waals surface area contributed by atoms with Gasteiger partial charge >= 0.3 is 0 Å². The molecule has 1 aliphatic rings. The van der Waals surface area contributed by atoms with Crippen molar-refractivity contribution in [3.63, 3.8) is 0 Å². The van der Waals surface area contributed by atoms with Crippen LogP contribution in [-0.4, -0.2) is 50.0 Å². The van der Waals surface area contributed by atoms with E-state index in [4.69, 9.17) is 4.74 Å². The van der Waals surface area contributed by atoms with Crippen LogP contribution in [-0.2, 0) is 9.59 Å². The lowest BCUT2D eigenvalue weighted by Crippen LogP contribution is -2.51. The van der Waals surface area contributed by atoms with E-state index in [9.17, 15) is 9.59 Å². The minimum absolute atomic E-state index is 0.0311. The van der Waals surface area contributed by atoms with Gasteiger partial charge in [0.15, 0.2) is 0 Å². The quantitative estimate of drug-likeness (QED) is 0.836. The van der Waals surface area contributed by atoms with E-state index in [-0.39, 0.29) is 11.8 Å². The third-order valence-electron chi connectivity index (χ3n) is 5.20. The number of nitrogens with zero attached hydrogens (tertiary/aromatic N) is 2. The van der Waals surface area contributed by atoms with Crippen LogP contribution < -0.4 is 15.0 Å². The van der Waals surface area contributed by atoms with Crippen molar-refractivity contribution in [1.82, 2.24) is 4.90 Å². The van der Waals surface area contributed by atoms with Crippen molar-refractivity contribution in [2.45, 2.75) is 20.3 Å². The van der Waals surface area contributed by atoms with Gasteiger partial charge in [-0.05, 0) is 43.2 Å². The van der Waals surface area contributed by atoms with Crippen LogP contribution in [0.25, 0.3) is 0 Å². The smallest absolute Gasteiger partial charge is 0.241 e. The number of nitrogens with one attached hydrogen (secondary N) is 1. The van der Waals surface area contributed by atoms with Gasteiger partial charge in [-0.2, -0.15) is 0 Å². The molecule has 6 nitrogen and oxygen atoms in total. The molecule has 1 heterocycles. The number of aryl methyl sites for hydroxylation is 1. The number of anilines is 2. The van der Waals surface area contributed by atoms with Gasteiger partial charge in [-0.25, -0.2) is 0 Å². The second-order valence-electron chi connectivity index (χ2n) is 7.07. The van der Waals surface area contributed by atoms with Crippen LogP contribution in [0.15, 0.2) is 42.5 Å². The monoisotopic (exact) mass is 381 g/mol. The predicted molar refractivity (Wildman–Crippen MR) is 111 cm³/mol. The zero-order chi connectivity index (χ0) is 20.1. The highest BCUT2D eigenvalue weighted by molar-refractivity contribution is 5.96. The van der Waals surface area contributed by atoms with Crippen LogP contribution in [0.2, 0.25) is 0 Å². The molecule has 0 bridgehead atoms. The Balaban J connectivity index is 1.51. The average Bonchev–Trinajstić information content (AvgIpc) is 2.70. The van der Waals surface area contributed by atoms with E-state index in [0.29, 0.717) is 26.1 Å². The van der Waals surface area contributed by atoms with Crippen molar-refractivity contribution >= 4 is 23.2 Å². The van der Waals surface area contributed by atoms with Crippen LogP contribution in [0.4, 0.5) is 11.4 Å². The molecule has 0 aromatic heterocycles. The molecular weight excluding hydrogens is 354 g/mol. The summed E-state index contributed by atoms with van der Waals surface area (Å²) in [6.07, 6.45) is 0.361. The Bertz CT molecular complexity index is 866. The highest BCUT2D eigenvalue weighted by Crippen LogP contribution is 2.23. The molecule has 2 aromatic rings. The van der Waals surface area contributed by atoms with Crippen LogP contribution in [0.5, 0.6) is 5.75 Å². The number of hydrogen-bond acceptors (Lipinski definition) is 4. The fourth-order valence-electron chi connectivity index (χ4n) is 3.32. The fourth-order valence-corrected chi connectivity index (χ4v) is 3.32. The van der Waals surface area contributed by atoms with Gasteiger partial charge in [0.05, 0.1) is 13.7 Å². The third-order valence-corrected chi connectivity index (χ3v) is 5.20. The van der Waals surface area contributed by atoms with Gasteiger partial charge in [-0.3, -0.25) is 14.5 Å². The van der Waals surface area contributed by atoms with Crippen LogP contribution in [0, 0.1) is 13.8 Å². The standard InChI is InChI=1S/C22H27N3O3/c1-16-6-4-9-20(17(16)2)23-21(26)10-11-24-12-13-25(22(27)15-24)18-7-5-8-19(14-18)28-3/h4-9,14H,10-13,15H2,1-3H3,(H,23,26). The molecule has 0 unspecified atom stereocenters. The van der Waals surface area contributed by atoms with Gasteiger partial charge in [-0.1, -0.05) is 18.2 Å². The molecule has 0 atom stereocenters. The zero-order valence-corrected chi connectivity index (χ0v) is 16.7. The largest absolute Gasteiger partial charge is 0.497 e. The minimum atomic E-state index is -0.0311. The number of carbonyl (C=O) groups excluding carboxylic acids is 2. The topological polar surface area (TPSA) is 61.9 Å². The Morgan fingerprint density at radius 3 is 2.68 bits per heavy atom. The minimum Gasteiger partial charge on any atom is -0.497 e. The van der Waals surface area contributed by atoms with Gasteiger partial charge in [0.25, 0.3) is 0 Å². The van der Waals surface area contributed by atoms with E-state index in [1.807, 2.05) is 61.2 Å². The number of benzene rings is 2. The lowest BCUT2D eigenvalue weighted by Gasteiger charge is -2.34. The molecule has 0 spiro atoms. The normalized spacial score (nSPS) is 14.8. The molecule has 148 valence electrons. The second kappa shape index (κ2) is 8.89. The van der Waals surface area contributed by atoms with E-state index in [1.54, 1.807) is 12.0 Å². The van der Waals surface area contributed by atoms with Gasteiger partial charge in [0.2, 0.25) is 11.8 Å². The summed E-state index contributed by atoms with van der Waals surface area (Å²) in [7, 11) is 1.61. The molecule has 0 aliphatic carbocycles. The van der Waals surface area contributed by atoms with Crippen LogP contribution in [0.1, 0.15) is 17.5 Å². The van der Waals surface area contributed by atoms with Gasteiger partial charge in [0, 0.05) is 43.5 Å². The molecule has 1 N–H and O–H groups in total. The summed E-state index contributed by atoms with van der Waals surface area (Å²) >= 11 is 0. The fraction of sp³-hybridized carbons (Fsp3) is 0.364. The Morgan fingerprint density at radius 2 is 1.93 bits per heavy atom. The van der Waals surface area contributed by atoms with Gasteiger partial charge in [-0.15, -0.1) is 0 Å². The lowest BCUT2D eigenvalue weighted by atomic mass is 10.1. The molecule has 1 fully saturated rings.